The number of hydrogen-bond acceptors (Lipinski definition) is 4. The van der Waals surface area contributed by atoms with E-state index in [4.69, 9.17) is 5.11 Å². The smallest absolute Gasteiger partial charge is 0.309 e. The summed E-state index contributed by atoms with van der Waals surface area (Å²) in [6.45, 7) is 4.37. The van der Waals surface area contributed by atoms with E-state index in [2.05, 4.69) is 24.1 Å². The maximum absolute atomic E-state index is 10.6. The lowest BCUT2D eigenvalue weighted by Crippen LogP contribution is -2.19. The lowest BCUT2D eigenvalue weighted by Gasteiger charge is -2.16. The molecule has 0 fully saturated rings. The van der Waals surface area contributed by atoms with E-state index in [1.54, 1.807) is 0 Å². The van der Waals surface area contributed by atoms with Crippen LogP contribution >= 0.6 is 11.3 Å². The van der Waals surface area contributed by atoms with Gasteiger partial charge in [-0.3, -0.25) is 4.79 Å². The molecule has 1 atom stereocenters. The zero-order chi connectivity index (χ0) is 13.4. The number of carbonyl (C=O) groups is 1. The monoisotopic (exact) mass is 270 g/mol. The van der Waals surface area contributed by atoms with Crippen molar-refractivity contribution in [2.45, 2.75) is 58.4 Å². The molecular formula is C13H22N2O2S. The zero-order valence-electron chi connectivity index (χ0n) is 11.1. The molecule has 0 bridgehead atoms. The molecule has 0 saturated carbocycles. The van der Waals surface area contributed by atoms with E-state index in [0.717, 1.165) is 24.4 Å². The highest BCUT2D eigenvalue weighted by molar-refractivity contribution is 7.13. The lowest BCUT2D eigenvalue weighted by atomic mass is 10.1. The quantitative estimate of drug-likeness (QED) is 0.720. The van der Waals surface area contributed by atoms with Crippen LogP contribution in [0.5, 0.6) is 0 Å². The van der Waals surface area contributed by atoms with Crippen molar-refractivity contribution in [2.24, 2.45) is 0 Å². The van der Waals surface area contributed by atoms with Crippen LogP contribution in [0.2, 0.25) is 0 Å². The van der Waals surface area contributed by atoms with Gasteiger partial charge in [-0.05, 0) is 12.8 Å². The first-order valence-corrected chi connectivity index (χ1v) is 7.46. The number of thiazole rings is 1. The van der Waals surface area contributed by atoms with Gasteiger partial charge in [0.25, 0.3) is 0 Å². The van der Waals surface area contributed by atoms with Crippen LogP contribution in [0.3, 0.4) is 0 Å². The number of carboxylic acid groups (broad SMARTS) is 1. The van der Waals surface area contributed by atoms with E-state index in [0.29, 0.717) is 11.7 Å². The molecule has 0 aliphatic carbocycles. The Morgan fingerprint density at radius 1 is 1.44 bits per heavy atom. The van der Waals surface area contributed by atoms with Crippen LogP contribution in [-0.2, 0) is 11.2 Å². The molecule has 18 heavy (non-hydrogen) atoms. The molecule has 0 spiro atoms. The molecule has 1 aromatic heterocycles. The number of nitrogens with zero attached hydrogens (tertiary/aromatic N) is 1. The van der Waals surface area contributed by atoms with E-state index in [-0.39, 0.29) is 6.42 Å². The van der Waals surface area contributed by atoms with Crippen molar-refractivity contribution >= 4 is 22.4 Å². The second-order valence-electron chi connectivity index (χ2n) is 4.49. The standard InChI is InChI=1S/C13H22N2O2S/c1-3-5-7-10(6-4-2)14-13-15-11(9-18-13)8-12(16)17/h9-10H,3-8H2,1-2H3,(H,14,15)(H,16,17). The van der Waals surface area contributed by atoms with Crippen molar-refractivity contribution in [1.29, 1.82) is 0 Å². The first-order chi connectivity index (χ1) is 8.65. The average molecular weight is 270 g/mol. The summed E-state index contributed by atoms with van der Waals surface area (Å²) in [5, 5.41) is 14.8. The van der Waals surface area contributed by atoms with Gasteiger partial charge in [-0.2, -0.15) is 0 Å². The highest BCUT2D eigenvalue weighted by Gasteiger charge is 2.11. The Hall–Kier alpha value is -1.10. The number of hydrogen-bond donors (Lipinski definition) is 2. The van der Waals surface area contributed by atoms with Crippen LogP contribution in [0.25, 0.3) is 0 Å². The number of anilines is 1. The predicted molar refractivity (Wildman–Crippen MR) is 75.3 cm³/mol. The second kappa shape index (κ2) is 8.08. The molecule has 1 rings (SSSR count). The van der Waals surface area contributed by atoms with E-state index in [1.165, 1.54) is 24.2 Å². The third-order valence-corrected chi connectivity index (χ3v) is 3.58. The molecule has 2 N–H and O–H groups in total. The molecule has 0 radical (unpaired) electrons. The molecule has 0 amide bonds. The molecule has 5 heteroatoms. The van der Waals surface area contributed by atoms with Gasteiger partial charge in [0.15, 0.2) is 5.13 Å². The first kappa shape index (κ1) is 15.0. The number of unbranched alkanes of at least 4 members (excludes halogenated alkanes) is 1. The van der Waals surface area contributed by atoms with Crippen molar-refractivity contribution in [3.63, 3.8) is 0 Å². The number of aromatic nitrogens is 1. The molecular weight excluding hydrogens is 248 g/mol. The summed E-state index contributed by atoms with van der Waals surface area (Å²) < 4.78 is 0. The molecule has 1 aromatic rings. The maximum atomic E-state index is 10.6. The third kappa shape index (κ3) is 5.49. The Morgan fingerprint density at radius 2 is 2.22 bits per heavy atom. The molecule has 1 unspecified atom stereocenters. The molecule has 0 aliphatic rings. The fraction of sp³-hybridized carbons (Fsp3) is 0.692. The fourth-order valence-electron chi connectivity index (χ4n) is 1.87. The van der Waals surface area contributed by atoms with Crippen LogP contribution < -0.4 is 5.32 Å². The van der Waals surface area contributed by atoms with E-state index in [9.17, 15) is 4.79 Å². The van der Waals surface area contributed by atoms with Gasteiger partial charge in [-0.15, -0.1) is 11.3 Å². The van der Waals surface area contributed by atoms with Gasteiger partial charge in [-0.1, -0.05) is 33.1 Å². The highest BCUT2D eigenvalue weighted by Crippen LogP contribution is 2.20. The minimum Gasteiger partial charge on any atom is -0.481 e. The Kier molecular flexibility index (Phi) is 6.72. The van der Waals surface area contributed by atoms with Crippen molar-refractivity contribution < 1.29 is 9.90 Å². The van der Waals surface area contributed by atoms with Gasteiger partial charge < -0.3 is 10.4 Å². The summed E-state index contributed by atoms with van der Waals surface area (Å²) in [5.74, 6) is -0.831. The number of rotatable bonds is 9. The van der Waals surface area contributed by atoms with Crippen LogP contribution in [0.1, 0.15) is 51.6 Å². The summed E-state index contributed by atoms with van der Waals surface area (Å²) in [7, 11) is 0. The van der Waals surface area contributed by atoms with Crippen molar-refractivity contribution in [3.8, 4) is 0 Å². The van der Waals surface area contributed by atoms with E-state index in [1.807, 2.05) is 5.38 Å². The van der Waals surface area contributed by atoms with Crippen molar-refractivity contribution in [3.05, 3.63) is 11.1 Å². The topological polar surface area (TPSA) is 62.2 Å². The Balaban J connectivity index is 2.51. The van der Waals surface area contributed by atoms with Crippen LogP contribution in [0.15, 0.2) is 5.38 Å². The minimum absolute atomic E-state index is 0.00554. The predicted octanol–water partition coefficient (Wildman–Crippen LogP) is 3.54. The van der Waals surface area contributed by atoms with Gasteiger partial charge in [0.05, 0.1) is 12.1 Å². The third-order valence-electron chi connectivity index (χ3n) is 2.75. The highest BCUT2D eigenvalue weighted by atomic mass is 32.1. The second-order valence-corrected chi connectivity index (χ2v) is 5.34. The Labute approximate surface area is 112 Å². The molecule has 0 aromatic carbocycles. The molecule has 1 heterocycles. The van der Waals surface area contributed by atoms with Gasteiger partial charge >= 0.3 is 5.97 Å². The van der Waals surface area contributed by atoms with E-state index < -0.39 is 5.97 Å². The summed E-state index contributed by atoms with van der Waals surface area (Å²) >= 11 is 1.49. The summed E-state index contributed by atoms with van der Waals surface area (Å²) in [5.41, 5.74) is 0.640. The minimum atomic E-state index is -0.831. The van der Waals surface area contributed by atoms with Gasteiger partial charge in [0, 0.05) is 11.4 Å². The van der Waals surface area contributed by atoms with E-state index >= 15 is 0 Å². The summed E-state index contributed by atoms with van der Waals surface area (Å²) in [4.78, 5) is 14.9. The summed E-state index contributed by atoms with van der Waals surface area (Å²) in [6.07, 6.45) is 5.85. The lowest BCUT2D eigenvalue weighted by molar-refractivity contribution is -0.136. The largest absolute Gasteiger partial charge is 0.481 e. The number of aliphatic carboxylic acids is 1. The number of nitrogens with one attached hydrogen (secondary N) is 1. The van der Waals surface area contributed by atoms with Gasteiger partial charge in [0.1, 0.15) is 0 Å². The van der Waals surface area contributed by atoms with Crippen molar-refractivity contribution in [2.75, 3.05) is 5.32 Å². The first-order valence-electron chi connectivity index (χ1n) is 6.58. The molecule has 102 valence electrons. The Morgan fingerprint density at radius 3 is 2.83 bits per heavy atom. The average Bonchev–Trinajstić information content (AvgIpc) is 2.72. The SMILES string of the molecule is CCCCC(CCC)Nc1nc(CC(=O)O)cs1. The fourth-order valence-corrected chi connectivity index (χ4v) is 2.66. The molecule has 0 aliphatic heterocycles. The number of carboxylic acids is 1. The maximum Gasteiger partial charge on any atom is 0.309 e. The zero-order valence-corrected chi connectivity index (χ0v) is 11.9. The molecule has 0 saturated heterocycles. The van der Waals surface area contributed by atoms with Crippen LogP contribution in [-0.4, -0.2) is 22.1 Å². The van der Waals surface area contributed by atoms with Crippen LogP contribution in [0.4, 0.5) is 5.13 Å². The van der Waals surface area contributed by atoms with Crippen molar-refractivity contribution in [1.82, 2.24) is 4.98 Å². The van der Waals surface area contributed by atoms with Crippen LogP contribution in [0, 0.1) is 0 Å². The summed E-state index contributed by atoms with van der Waals surface area (Å²) in [6, 6.07) is 0.457. The van der Waals surface area contributed by atoms with Gasteiger partial charge in [0.2, 0.25) is 0 Å². The normalized spacial score (nSPS) is 12.3. The molecule has 4 nitrogen and oxygen atoms in total. The van der Waals surface area contributed by atoms with Gasteiger partial charge in [-0.25, -0.2) is 4.98 Å². The Bertz CT molecular complexity index is 366.